The quantitative estimate of drug-likeness (QED) is 0.0652. The molecule has 0 rings (SSSR count). The predicted molar refractivity (Wildman–Crippen MR) is 196 cm³/mol. The molecule has 0 saturated heterocycles. The molecule has 0 heterocycles. The van der Waals surface area contributed by atoms with Crippen LogP contribution in [0.15, 0.2) is 0 Å². The fourth-order valence-corrected chi connectivity index (χ4v) is 4.30. The summed E-state index contributed by atoms with van der Waals surface area (Å²) in [4.78, 5) is 45.4. The van der Waals surface area contributed by atoms with E-state index in [-0.39, 0.29) is 24.0 Å². The molecule has 0 aromatic rings. The number of aliphatic hydroxyl groups is 2. The predicted octanol–water partition coefficient (Wildman–Crippen LogP) is 5.29. The minimum absolute atomic E-state index is 0.0637. The maximum atomic E-state index is 11.6. The molecule has 0 bridgehead atoms. The third-order valence-corrected chi connectivity index (χ3v) is 6.89. The SMILES string of the molecule is CC(=O)O.CC(=O)O.CCCCCCC(O)CCCC(=O)NCCCN(C)C.CCCCCCCC(O)CCC(=O)NCCCN(C)C. The van der Waals surface area contributed by atoms with Crippen molar-refractivity contribution in [2.45, 2.75) is 155 Å². The Bertz CT molecular complexity index is 719. The number of aliphatic hydroxyl groups excluding tert-OH is 2. The number of carboxylic acid groups (broad SMARTS) is 2. The van der Waals surface area contributed by atoms with Crippen LogP contribution in [0.25, 0.3) is 0 Å². The summed E-state index contributed by atoms with van der Waals surface area (Å²) in [5.74, 6) is -1.49. The lowest BCUT2D eigenvalue weighted by Crippen LogP contribution is -2.27. The molecule has 0 radical (unpaired) electrons. The molecule has 0 aromatic carbocycles. The van der Waals surface area contributed by atoms with Crippen molar-refractivity contribution in [2.75, 3.05) is 54.4 Å². The van der Waals surface area contributed by atoms with Crippen LogP contribution in [0.1, 0.15) is 143 Å². The number of rotatable bonds is 26. The minimum Gasteiger partial charge on any atom is -0.481 e. The molecule has 0 fully saturated rings. The molecule has 12 heteroatoms. The summed E-state index contributed by atoms with van der Waals surface area (Å²) in [7, 11) is 8.12. The van der Waals surface area contributed by atoms with Crippen LogP contribution in [0.2, 0.25) is 0 Å². The number of nitrogens with one attached hydrogen (secondary N) is 2. The van der Waals surface area contributed by atoms with E-state index in [2.05, 4.69) is 34.3 Å². The molecular formula is C36H76N4O8. The van der Waals surface area contributed by atoms with Gasteiger partial charge in [0.1, 0.15) is 0 Å². The Kier molecular flexibility index (Phi) is 44.8. The number of amides is 2. The number of hydrogen-bond donors (Lipinski definition) is 6. The Labute approximate surface area is 293 Å². The molecule has 2 amide bonds. The number of carbonyl (C=O) groups is 4. The smallest absolute Gasteiger partial charge is 0.300 e. The van der Waals surface area contributed by atoms with Crippen molar-refractivity contribution in [3.63, 3.8) is 0 Å². The summed E-state index contributed by atoms with van der Waals surface area (Å²) >= 11 is 0. The van der Waals surface area contributed by atoms with Gasteiger partial charge in [0.2, 0.25) is 11.8 Å². The van der Waals surface area contributed by atoms with Crippen LogP contribution >= 0.6 is 0 Å². The van der Waals surface area contributed by atoms with Gasteiger partial charge in [-0.25, -0.2) is 0 Å². The highest BCUT2D eigenvalue weighted by molar-refractivity contribution is 5.76. The van der Waals surface area contributed by atoms with Gasteiger partial charge in [0.15, 0.2) is 0 Å². The van der Waals surface area contributed by atoms with Gasteiger partial charge in [0.25, 0.3) is 11.9 Å². The van der Waals surface area contributed by atoms with Crippen LogP contribution in [0.5, 0.6) is 0 Å². The van der Waals surface area contributed by atoms with E-state index in [0.717, 1.165) is 91.4 Å². The van der Waals surface area contributed by atoms with Gasteiger partial charge in [0.05, 0.1) is 12.2 Å². The Morgan fingerprint density at radius 3 is 1.25 bits per heavy atom. The average molecular weight is 693 g/mol. The molecule has 0 aliphatic carbocycles. The zero-order valence-corrected chi connectivity index (χ0v) is 32.0. The fraction of sp³-hybridized carbons (Fsp3) is 0.889. The molecular weight excluding hydrogens is 616 g/mol. The molecule has 0 aromatic heterocycles. The van der Waals surface area contributed by atoms with Crippen LogP contribution in [0, 0.1) is 0 Å². The van der Waals surface area contributed by atoms with Crippen molar-refractivity contribution in [3.05, 3.63) is 0 Å². The summed E-state index contributed by atoms with van der Waals surface area (Å²) < 4.78 is 0. The zero-order chi connectivity index (χ0) is 37.6. The van der Waals surface area contributed by atoms with Crippen LogP contribution in [0.3, 0.4) is 0 Å². The molecule has 0 saturated carbocycles. The van der Waals surface area contributed by atoms with Gasteiger partial charge >= 0.3 is 0 Å². The number of hydrogen-bond acceptors (Lipinski definition) is 8. The van der Waals surface area contributed by atoms with Crippen molar-refractivity contribution in [3.8, 4) is 0 Å². The molecule has 288 valence electrons. The topological polar surface area (TPSA) is 180 Å². The van der Waals surface area contributed by atoms with E-state index in [1.165, 1.54) is 44.9 Å². The lowest BCUT2D eigenvalue weighted by atomic mass is 10.0. The first-order chi connectivity index (χ1) is 22.6. The van der Waals surface area contributed by atoms with E-state index >= 15 is 0 Å². The maximum absolute atomic E-state index is 11.6. The van der Waals surface area contributed by atoms with Gasteiger partial charge in [0, 0.05) is 39.8 Å². The standard InChI is InChI=1S/2C16H34N2O2.2C2H4O2/c1-4-5-6-7-10-15(19)11-8-12-16(20)17-13-9-14-18(2)3;1-4-5-6-7-8-10-15(19)11-12-16(20)17-13-9-14-18(2)3;2*1-2(3)4/h2*15,19H,4-14H2,1-3H3,(H,17,20);2*1H3,(H,3,4). The van der Waals surface area contributed by atoms with Crippen LogP contribution in [-0.2, 0) is 19.2 Å². The number of unbranched alkanes of at least 4 members (excludes halogenated alkanes) is 7. The molecule has 48 heavy (non-hydrogen) atoms. The summed E-state index contributed by atoms with van der Waals surface area (Å²) in [5, 5.41) is 40.3. The highest BCUT2D eigenvalue weighted by Crippen LogP contribution is 2.11. The van der Waals surface area contributed by atoms with Gasteiger partial charge < -0.3 is 40.9 Å². The van der Waals surface area contributed by atoms with Gasteiger partial charge in [-0.2, -0.15) is 0 Å². The normalized spacial score (nSPS) is 11.6. The van der Waals surface area contributed by atoms with Crippen molar-refractivity contribution in [1.82, 2.24) is 20.4 Å². The molecule has 0 spiro atoms. The Morgan fingerprint density at radius 1 is 0.521 bits per heavy atom. The minimum atomic E-state index is -0.833. The first-order valence-electron chi connectivity index (χ1n) is 18.2. The summed E-state index contributed by atoms with van der Waals surface area (Å²) in [6.07, 6.45) is 17.1. The third kappa shape index (κ3) is 62.5. The van der Waals surface area contributed by atoms with E-state index in [9.17, 15) is 19.8 Å². The Balaban J connectivity index is -0.000000329. The van der Waals surface area contributed by atoms with Crippen molar-refractivity contribution >= 4 is 23.8 Å². The van der Waals surface area contributed by atoms with Crippen LogP contribution in [-0.4, -0.2) is 121 Å². The van der Waals surface area contributed by atoms with Crippen LogP contribution in [0.4, 0.5) is 0 Å². The zero-order valence-electron chi connectivity index (χ0n) is 32.0. The maximum Gasteiger partial charge on any atom is 0.300 e. The van der Waals surface area contributed by atoms with E-state index in [1.807, 2.05) is 28.2 Å². The van der Waals surface area contributed by atoms with E-state index in [1.54, 1.807) is 0 Å². The van der Waals surface area contributed by atoms with E-state index in [0.29, 0.717) is 19.3 Å². The average Bonchev–Trinajstić information content (AvgIpc) is 2.98. The van der Waals surface area contributed by atoms with Gasteiger partial charge in [-0.05, 0) is 86.2 Å². The summed E-state index contributed by atoms with van der Waals surface area (Å²) in [6.45, 7) is 10.0. The first kappa shape index (κ1) is 52.5. The largest absolute Gasteiger partial charge is 0.481 e. The molecule has 2 atom stereocenters. The number of nitrogens with zero attached hydrogens (tertiary/aromatic N) is 2. The number of carboxylic acids is 2. The first-order valence-corrected chi connectivity index (χ1v) is 18.2. The van der Waals surface area contributed by atoms with Crippen LogP contribution < -0.4 is 10.6 Å². The number of aliphatic carboxylic acids is 2. The van der Waals surface area contributed by atoms with E-state index in [4.69, 9.17) is 19.8 Å². The van der Waals surface area contributed by atoms with Gasteiger partial charge in [-0.3, -0.25) is 19.2 Å². The molecule has 2 unspecified atom stereocenters. The molecule has 12 nitrogen and oxygen atoms in total. The Hall–Kier alpha value is -2.28. The molecule has 0 aliphatic rings. The lowest BCUT2D eigenvalue weighted by Gasteiger charge is -2.12. The second-order valence-electron chi connectivity index (χ2n) is 12.8. The molecule has 0 aliphatic heterocycles. The number of carbonyl (C=O) groups excluding carboxylic acids is 2. The second-order valence-corrected chi connectivity index (χ2v) is 12.8. The summed E-state index contributed by atoms with van der Waals surface area (Å²) in [5.41, 5.74) is 0. The monoisotopic (exact) mass is 693 g/mol. The van der Waals surface area contributed by atoms with Crippen molar-refractivity contribution in [2.24, 2.45) is 0 Å². The van der Waals surface area contributed by atoms with E-state index < -0.39 is 11.9 Å². The fourth-order valence-electron chi connectivity index (χ4n) is 4.30. The van der Waals surface area contributed by atoms with Gasteiger partial charge in [-0.1, -0.05) is 71.6 Å². The second kappa shape index (κ2) is 40.9. The van der Waals surface area contributed by atoms with Crippen molar-refractivity contribution in [1.29, 1.82) is 0 Å². The van der Waals surface area contributed by atoms with Crippen molar-refractivity contribution < 1.29 is 39.6 Å². The highest BCUT2D eigenvalue weighted by Gasteiger charge is 2.08. The van der Waals surface area contributed by atoms with Gasteiger partial charge in [-0.15, -0.1) is 0 Å². The third-order valence-electron chi connectivity index (χ3n) is 6.89. The highest BCUT2D eigenvalue weighted by atomic mass is 16.4. The molecule has 6 N–H and O–H groups in total. The lowest BCUT2D eigenvalue weighted by molar-refractivity contribution is -0.135. The summed E-state index contributed by atoms with van der Waals surface area (Å²) in [6, 6.07) is 0. The Morgan fingerprint density at radius 2 is 0.854 bits per heavy atom.